The number of carbonyl (C=O) groups excluding carboxylic acids is 1. The quantitative estimate of drug-likeness (QED) is 0.765. The highest BCUT2D eigenvalue weighted by molar-refractivity contribution is 5.98. The molecule has 1 aromatic carbocycles. The summed E-state index contributed by atoms with van der Waals surface area (Å²) in [7, 11) is 0. The molecule has 0 spiro atoms. The van der Waals surface area contributed by atoms with Crippen molar-refractivity contribution in [3.8, 4) is 0 Å². The monoisotopic (exact) mass is 349 g/mol. The lowest BCUT2D eigenvalue weighted by molar-refractivity contribution is 0.0745. The molecule has 1 fully saturated rings. The lowest BCUT2D eigenvalue weighted by atomic mass is 10.2. The van der Waals surface area contributed by atoms with E-state index < -0.39 is 0 Å². The average Bonchev–Trinajstić information content (AvgIpc) is 3.31. The molecule has 132 valence electrons. The maximum atomic E-state index is 12.9. The van der Waals surface area contributed by atoms with Crippen LogP contribution in [0.2, 0.25) is 0 Å². The Bertz CT molecular complexity index is 944. The van der Waals surface area contributed by atoms with E-state index in [1.807, 2.05) is 41.4 Å². The van der Waals surface area contributed by atoms with Crippen LogP contribution in [0.25, 0.3) is 10.9 Å². The number of aromatic nitrogens is 3. The molecule has 3 aromatic rings. The van der Waals surface area contributed by atoms with Gasteiger partial charge >= 0.3 is 0 Å². The minimum Gasteiger partial charge on any atom is -0.378 e. The van der Waals surface area contributed by atoms with Gasteiger partial charge in [-0.1, -0.05) is 18.2 Å². The Kier molecular flexibility index (Phi) is 3.60. The van der Waals surface area contributed by atoms with Crippen LogP contribution in [0.5, 0.6) is 0 Å². The van der Waals surface area contributed by atoms with Crippen molar-refractivity contribution in [2.75, 3.05) is 31.2 Å². The van der Waals surface area contributed by atoms with Gasteiger partial charge in [0.05, 0.1) is 25.5 Å². The van der Waals surface area contributed by atoms with Gasteiger partial charge in [-0.3, -0.25) is 4.79 Å². The molecule has 0 bridgehead atoms. The summed E-state index contributed by atoms with van der Waals surface area (Å²) >= 11 is 0. The summed E-state index contributed by atoms with van der Waals surface area (Å²) in [6, 6.07) is 9.82. The standard InChI is InChI=1S/C19H19N5O2/c25-18(16-9-13-3-1-2-4-15(13)21-16)24-11-14-10-20-19(22-17(14)12-24)23-5-7-26-8-6-23/h1-4,9-10,21H,5-8,11-12H2. The zero-order valence-corrected chi connectivity index (χ0v) is 14.3. The first kappa shape index (κ1) is 15.3. The number of nitrogens with one attached hydrogen (secondary N) is 1. The molecule has 4 heterocycles. The van der Waals surface area contributed by atoms with Crippen molar-refractivity contribution in [3.63, 3.8) is 0 Å². The second kappa shape index (κ2) is 6.10. The number of aromatic amines is 1. The van der Waals surface area contributed by atoms with E-state index in [1.165, 1.54) is 0 Å². The summed E-state index contributed by atoms with van der Waals surface area (Å²) in [5, 5.41) is 1.04. The van der Waals surface area contributed by atoms with Gasteiger partial charge in [-0.15, -0.1) is 0 Å². The predicted octanol–water partition coefficient (Wildman–Crippen LogP) is 1.95. The highest BCUT2D eigenvalue weighted by atomic mass is 16.5. The third-order valence-corrected chi connectivity index (χ3v) is 4.98. The van der Waals surface area contributed by atoms with Crippen LogP contribution in [0.3, 0.4) is 0 Å². The SMILES string of the molecule is O=C(c1cc2ccccc2[nH]1)N1Cc2cnc(N3CCOCC3)nc2C1. The van der Waals surface area contributed by atoms with E-state index >= 15 is 0 Å². The van der Waals surface area contributed by atoms with E-state index in [-0.39, 0.29) is 5.91 Å². The number of ether oxygens (including phenoxy) is 1. The van der Waals surface area contributed by atoms with E-state index in [4.69, 9.17) is 9.72 Å². The summed E-state index contributed by atoms with van der Waals surface area (Å²) in [6.45, 7) is 4.07. The topological polar surface area (TPSA) is 74.4 Å². The van der Waals surface area contributed by atoms with Gasteiger partial charge in [-0.2, -0.15) is 0 Å². The van der Waals surface area contributed by atoms with Crippen molar-refractivity contribution in [2.24, 2.45) is 0 Å². The highest BCUT2D eigenvalue weighted by Gasteiger charge is 2.28. The van der Waals surface area contributed by atoms with Crippen LogP contribution in [0, 0.1) is 0 Å². The highest BCUT2D eigenvalue weighted by Crippen LogP contribution is 2.25. The van der Waals surface area contributed by atoms with Gasteiger partial charge < -0.3 is 19.5 Å². The smallest absolute Gasteiger partial charge is 0.270 e. The van der Waals surface area contributed by atoms with Crippen molar-refractivity contribution in [2.45, 2.75) is 13.1 Å². The van der Waals surface area contributed by atoms with Gasteiger partial charge in [-0.25, -0.2) is 9.97 Å². The van der Waals surface area contributed by atoms with Crippen LogP contribution in [0.1, 0.15) is 21.7 Å². The zero-order valence-electron chi connectivity index (χ0n) is 14.3. The number of hydrogen-bond donors (Lipinski definition) is 1. The van der Waals surface area contributed by atoms with Crippen LogP contribution in [-0.4, -0.2) is 52.1 Å². The molecule has 2 aromatic heterocycles. The Hall–Kier alpha value is -2.93. The first-order valence-corrected chi connectivity index (χ1v) is 8.82. The van der Waals surface area contributed by atoms with Crippen molar-refractivity contribution >= 4 is 22.8 Å². The molecule has 26 heavy (non-hydrogen) atoms. The van der Waals surface area contributed by atoms with E-state index in [0.717, 1.165) is 41.2 Å². The lowest BCUT2D eigenvalue weighted by Gasteiger charge is -2.26. The fourth-order valence-corrected chi connectivity index (χ4v) is 3.56. The molecule has 0 radical (unpaired) electrons. The summed E-state index contributed by atoms with van der Waals surface area (Å²) in [5.41, 5.74) is 3.54. The predicted molar refractivity (Wildman–Crippen MR) is 96.9 cm³/mol. The number of amides is 1. The molecular weight excluding hydrogens is 330 g/mol. The van der Waals surface area contributed by atoms with Gasteiger partial charge in [0.15, 0.2) is 0 Å². The fourth-order valence-electron chi connectivity index (χ4n) is 3.56. The Morgan fingerprint density at radius 1 is 1.15 bits per heavy atom. The number of carbonyl (C=O) groups is 1. The fraction of sp³-hybridized carbons (Fsp3) is 0.316. The van der Waals surface area contributed by atoms with Gasteiger partial charge in [-0.05, 0) is 12.1 Å². The third kappa shape index (κ3) is 2.61. The first-order valence-electron chi connectivity index (χ1n) is 8.82. The molecule has 5 rings (SSSR count). The second-order valence-electron chi connectivity index (χ2n) is 6.67. The van der Waals surface area contributed by atoms with E-state index in [2.05, 4.69) is 14.9 Å². The van der Waals surface area contributed by atoms with Crippen molar-refractivity contribution < 1.29 is 9.53 Å². The molecule has 1 N–H and O–H groups in total. The number of para-hydroxylation sites is 1. The van der Waals surface area contributed by atoms with Crippen LogP contribution in [-0.2, 0) is 17.8 Å². The van der Waals surface area contributed by atoms with Gasteiger partial charge in [0, 0.05) is 42.3 Å². The number of hydrogen-bond acceptors (Lipinski definition) is 5. The maximum Gasteiger partial charge on any atom is 0.270 e. The molecule has 7 nitrogen and oxygen atoms in total. The van der Waals surface area contributed by atoms with Crippen molar-refractivity contribution in [1.82, 2.24) is 19.9 Å². The number of H-pyrrole nitrogens is 1. The number of rotatable bonds is 2. The first-order chi connectivity index (χ1) is 12.8. The van der Waals surface area contributed by atoms with E-state index in [0.29, 0.717) is 32.0 Å². The largest absolute Gasteiger partial charge is 0.378 e. The molecule has 7 heteroatoms. The number of nitrogens with zero attached hydrogens (tertiary/aromatic N) is 4. The zero-order chi connectivity index (χ0) is 17.5. The third-order valence-electron chi connectivity index (χ3n) is 4.98. The molecule has 0 aliphatic carbocycles. The minimum atomic E-state index is -0.00729. The number of anilines is 1. The Labute approximate surface area is 150 Å². The molecular formula is C19H19N5O2. The van der Waals surface area contributed by atoms with Crippen LogP contribution in [0.15, 0.2) is 36.5 Å². The Balaban J connectivity index is 1.37. The lowest BCUT2D eigenvalue weighted by Crippen LogP contribution is -2.37. The van der Waals surface area contributed by atoms with Gasteiger partial charge in [0.1, 0.15) is 5.69 Å². The minimum absolute atomic E-state index is 0.00729. The van der Waals surface area contributed by atoms with Crippen molar-refractivity contribution in [3.05, 3.63) is 53.5 Å². The van der Waals surface area contributed by atoms with E-state index in [9.17, 15) is 4.79 Å². The molecule has 0 unspecified atom stereocenters. The van der Waals surface area contributed by atoms with Crippen molar-refractivity contribution in [1.29, 1.82) is 0 Å². The van der Waals surface area contributed by atoms with Crippen LogP contribution < -0.4 is 4.90 Å². The Morgan fingerprint density at radius 3 is 2.85 bits per heavy atom. The number of benzene rings is 1. The molecule has 0 saturated carbocycles. The molecule has 0 atom stereocenters. The summed E-state index contributed by atoms with van der Waals surface area (Å²) < 4.78 is 5.38. The molecule has 1 amide bonds. The summed E-state index contributed by atoms with van der Waals surface area (Å²) in [6.07, 6.45) is 1.85. The number of fused-ring (bicyclic) bond motifs is 2. The molecule has 1 saturated heterocycles. The summed E-state index contributed by atoms with van der Waals surface area (Å²) in [5.74, 6) is 0.721. The molecule has 2 aliphatic heterocycles. The normalized spacial score (nSPS) is 16.9. The second-order valence-corrected chi connectivity index (χ2v) is 6.67. The van der Waals surface area contributed by atoms with Crippen LogP contribution >= 0.6 is 0 Å². The van der Waals surface area contributed by atoms with E-state index in [1.54, 1.807) is 0 Å². The van der Waals surface area contributed by atoms with Gasteiger partial charge in [0.2, 0.25) is 5.95 Å². The number of morpholine rings is 1. The van der Waals surface area contributed by atoms with Crippen LogP contribution in [0.4, 0.5) is 5.95 Å². The Morgan fingerprint density at radius 2 is 2.00 bits per heavy atom. The average molecular weight is 349 g/mol. The molecule has 2 aliphatic rings. The maximum absolute atomic E-state index is 12.9. The van der Waals surface area contributed by atoms with Gasteiger partial charge in [0.25, 0.3) is 5.91 Å². The summed E-state index contributed by atoms with van der Waals surface area (Å²) in [4.78, 5) is 29.2.